The van der Waals surface area contributed by atoms with Gasteiger partial charge in [-0.25, -0.2) is 9.78 Å². The third-order valence-electron chi connectivity index (χ3n) is 3.52. The van der Waals surface area contributed by atoms with E-state index in [1.807, 2.05) is 23.6 Å². The minimum atomic E-state index is -0.191. The van der Waals surface area contributed by atoms with Crippen LogP contribution >= 0.6 is 11.3 Å². The second-order valence-corrected chi connectivity index (χ2v) is 5.70. The average molecular weight is 314 g/mol. The van der Waals surface area contributed by atoms with Gasteiger partial charge in [0.2, 0.25) is 0 Å². The first-order valence-electron chi connectivity index (χ1n) is 7.27. The van der Waals surface area contributed by atoms with Gasteiger partial charge in [0.25, 0.3) is 0 Å². The summed E-state index contributed by atoms with van der Waals surface area (Å²) in [6, 6.07) is 7.83. The van der Waals surface area contributed by atoms with Crippen LogP contribution in [0.2, 0.25) is 0 Å². The van der Waals surface area contributed by atoms with Crippen molar-refractivity contribution in [1.82, 2.24) is 14.9 Å². The summed E-state index contributed by atoms with van der Waals surface area (Å²) in [4.78, 5) is 16.1. The van der Waals surface area contributed by atoms with Crippen molar-refractivity contribution in [2.45, 2.75) is 19.9 Å². The van der Waals surface area contributed by atoms with E-state index < -0.39 is 0 Å². The lowest BCUT2D eigenvalue weighted by Gasteiger charge is -2.08. The van der Waals surface area contributed by atoms with Crippen molar-refractivity contribution < 1.29 is 4.79 Å². The fourth-order valence-electron chi connectivity index (χ4n) is 2.38. The number of hydrogen-bond acceptors (Lipinski definition) is 3. The smallest absolute Gasteiger partial charge is 0.319 e. The van der Waals surface area contributed by atoms with Crippen LogP contribution in [0.5, 0.6) is 0 Å². The monoisotopic (exact) mass is 314 g/mol. The molecule has 0 atom stereocenters. The van der Waals surface area contributed by atoms with Crippen LogP contribution in [0.4, 0.5) is 10.5 Å². The van der Waals surface area contributed by atoms with Crippen molar-refractivity contribution in [1.29, 1.82) is 0 Å². The first-order chi connectivity index (χ1) is 10.8. The number of carbonyl (C=O) groups excluding carboxylic acids is 1. The molecular formula is C16H18N4OS. The van der Waals surface area contributed by atoms with Gasteiger partial charge in [-0.3, -0.25) is 0 Å². The van der Waals surface area contributed by atoms with Gasteiger partial charge in [0, 0.05) is 36.8 Å². The van der Waals surface area contributed by atoms with Gasteiger partial charge in [-0.05, 0) is 30.5 Å². The Labute approximate surface area is 133 Å². The summed E-state index contributed by atoms with van der Waals surface area (Å²) < 4.78 is 2.15. The summed E-state index contributed by atoms with van der Waals surface area (Å²) in [5.74, 6) is 0. The number of anilines is 1. The average Bonchev–Trinajstić information content (AvgIpc) is 3.16. The Morgan fingerprint density at radius 2 is 2.27 bits per heavy atom. The standard InChI is InChI=1S/C16H18N4OS/c1-2-20-8-6-12-3-4-13(9-15(12)20)19-16(21)17-7-5-14-10-22-11-18-14/h3-4,6,8-11H,2,5,7H2,1H3,(H2,17,19,21). The number of aryl methyl sites for hydroxylation is 1. The molecule has 0 spiro atoms. The lowest BCUT2D eigenvalue weighted by Crippen LogP contribution is -2.30. The van der Waals surface area contributed by atoms with Crippen molar-refractivity contribution in [2.75, 3.05) is 11.9 Å². The van der Waals surface area contributed by atoms with E-state index in [9.17, 15) is 4.79 Å². The highest BCUT2D eigenvalue weighted by atomic mass is 32.1. The summed E-state index contributed by atoms with van der Waals surface area (Å²) in [5.41, 5.74) is 4.73. The molecule has 2 aromatic heterocycles. The summed E-state index contributed by atoms with van der Waals surface area (Å²) >= 11 is 1.56. The molecule has 2 heterocycles. The highest BCUT2D eigenvalue weighted by Gasteiger charge is 2.05. The normalized spacial score (nSPS) is 10.8. The molecule has 6 heteroatoms. The van der Waals surface area contributed by atoms with Crippen LogP contribution < -0.4 is 10.6 Å². The minimum Gasteiger partial charge on any atom is -0.348 e. The zero-order valence-electron chi connectivity index (χ0n) is 12.4. The lowest BCUT2D eigenvalue weighted by molar-refractivity contribution is 0.252. The quantitative estimate of drug-likeness (QED) is 0.757. The van der Waals surface area contributed by atoms with Gasteiger partial charge < -0.3 is 15.2 Å². The summed E-state index contributed by atoms with van der Waals surface area (Å²) in [7, 11) is 0. The van der Waals surface area contributed by atoms with Crippen molar-refractivity contribution >= 4 is 34.0 Å². The first kappa shape index (κ1) is 14.6. The molecule has 1 aromatic carbocycles. The molecule has 0 aliphatic heterocycles. The number of thiazole rings is 1. The fraction of sp³-hybridized carbons (Fsp3) is 0.250. The molecule has 0 aliphatic carbocycles. The second kappa shape index (κ2) is 6.62. The van der Waals surface area contributed by atoms with Gasteiger partial charge >= 0.3 is 6.03 Å². The van der Waals surface area contributed by atoms with E-state index in [2.05, 4.69) is 39.4 Å². The summed E-state index contributed by atoms with van der Waals surface area (Å²) in [5, 5.41) is 8.89. The molecule has 0 saturated carbocycles. The highest BCUT2D eigenvalue weighted by molar-refractivity contribution is 7.07. The van der Waals surface area contributed by atoms with Gasteiger partial charge in [0.15, 0.2) is 0 Å². The van der Waals surface area contributed by atoms with Gasteiger partial charge in [-0.2, -0.15) is 0 Å². The van der Waals surface area contributed by atoms with Crippen molar-refractivity contribution in [3.05, 3.63) is 47.0 Å². The molecule has 0 saturated heterocycles. The SMILES string of the molecule is CCn1ccc2ccc(NC(=O)NCCc3cscn3)cc21. The van der Waals surface area contributed by atoms with Crippen LogP contribution in [0.15, 0.2) is 41.4 Å². The Bertz CT molecular complexity index is 764. The molecule has 0 bridgehead atoms. The zero-order valence-corrected chi connectivity index (χ0v) is 13.2. The van der Waals surface area contributed by atoms with E-state index in [-0.39, 0.29) is 6.03 Å². The summed E-state index contributed by atoms with van der Waals surface area (Å²) in [6.07, 6.45) is 2.80. The van der Waals surface area contributed by atoms with Crippen LogP contribution in [0, 0.1) is 0 Å². The third kappa shape index (κ3) is 3.28. The van der Waals surface area contributed by atoms with E-state index in [0.717, 1.165) is 29.9 Å². The summed E-state index contributed by atoms with van der Waals surface area (Å²) in [6.45, 7) is 3.58. The number of rotatable bonds is 5. The van der Waals surface area contributed by atoms with Gasteiger partial charge in [-0.15, -0.1) is 11.3 Å². The third-order valence-corrected chi connectivity index (χ3v) is 4.16. The molecule has 3 rings (SSSR count). The van der Waals surface area contributed by atoms with E-state index >= 15 is 0 Å². The lowest BCUT2D eigenvalue weighted by atomic mass is 10.2. The number of amides is 2. The molecule has 2 amide bonds. The number of aromatic nitrogens is 2. The van der Waals surface area contributed by atoms with E-state index in [1.165, 1.54) is 5.39 Å². The molecular weight excluding hydrogens is 296 g/mol. The zero-order chi connectivity index (χ0) is 15.4. The number of nitrogens with one attached hydrogen (secondary N) is 2. The highest BCUT2D eigenvalue weighted by Crippen LogP contribution is 2.20. The number of fused-ring (bicyclic) bond motifs is 1. The Morgan fingerprint density at radius 1 is 1.36 bits per heavy atom. The molecule has 0 aliphatic rings. The number of carbonyl (C=O) groups is 1. The van der Waals surface area contributed by atoms with Gasteiger partial charge in [-0.1, -0.05) is 6.07 Å². The maximum atomic E-state index is 11.9. The van der Waals surface area contributed by atoms with Crippen molar-refractivity contribution in [3.8, 4) is 0 Å². The molecule has 22 heavy (non-hydrogen) atoms. The van der Waals surface area contributed by atoms with Crippen molar-refractivity contribution in [2.24, 2.45) is 0 Å². The Balaban J connectivity index is 1.58. The van der Waals surface area contributed by atoms with E-state index in [1.54, 1.807) is 16.8 Å². The topological polar surface area (TPSA) is 59.0 Å². The molecule has 0 fully saturated rings. The van der Waals surface area contributed by atoms with Crippen molar-refractivity contribution in [3.63, 3.8) is 0 Å². The van der Waals surface area contributed by atoms with E-state index in [4.69, 9.17) is 0 Å². The number of benzene rings is 1. The molecule has 0 unspecified atom stereocenters. The van der Waals surface area contributed by atoms with Gasteiger partial charge in [0.05, 0.1) is 16.7 Å². The van der Waals surface area contributed by atoms with Crippen LogP contribution in [0.3, 0.4) is 0 Å². The number of urea groups is 1. The predicted octanol–water partition coefficient (Wildman–Crippen LogP) is 3.48. The van der Waals surface area contributed by atoms with Crippen LogP contribution in [0.25, 0.3) is 10.9 Å². The maximum absolute atomic E-state index is 11.9. The Kier molecular flexibility index (Phi) is 4.39. The minimum absolute atomic E-state index is 0.191. The number of hydrogen-bond donors (Lipinski definition) is 2. The van der Waals surface area contributed by atoms with Crippen LogP contribution in [-0.4, -0.2) is 22.1 Å². The molecule has 3 aromatic rings. The first-order valence-corrected chi connectivity index (χ1v) is 8.21. The molecule has 5 nitrogen and oxygen atoms in total. The maximum Gasteiger partial charge on any atom is 0.319 e. The van der Waals surface area contributed by atoms with E-state index in [0.29, 0.717) is 6.54 Å². The molecule has 114 valence electrons. The number of nitrogens with zero attached hydrogens (tertiary/aromatic N) is 2. The largest absolute Gasteiger partial charge is 0.348 e. The second-order valence-electron chi connectivity index (χ2n) is 4.99. The van der Waals surface area contributed by atoms with Gasteiger partial charge in [0.1, 0.15) is 0 Å². The fourth-order valence-corrected chi connectivity index (χ4v) is 2.97. The Morgan fingerprint density at radius 3 is 3.05 bits per heavy atom. The van der Waals surface area contributed by atoms with Crippen LogP contribution in [0.1, 0.15) is 12.6 Å². The molecule has 2 N–H and O–H groups in total. The van der Waals surface area contributed by atoms with Crippen LogP contribution in [-0.2, 0) is 13.0 Å². The predicted molar refractivity (Wildman–Crippen MR) is 90.5 cm³/mol. The molecule has 0 radical (unpaired) electrons. The Hall–Kier alpha value is -2.34.